The molecule has 0 N–H and O–H groups in total. The first-order valence-corrected chi connectivity index (χ1v) is 6.35. The van der Waals surface area contributed by atoms with Gasteiger partial charge in [0, 0.05) is 24.6 Å². The zero-order valence-electron chi connectivity index (χ0n) is 9.45. The fourth-order valence-corrected chi connectivity index (χ4v) is 2.38. The first-order chi connectivity index (χ1) is 7.20. The van der Waals surface area contributed by atoms with Crippen LogP contribution in [0.3, 0.4) is 0 Å². The van der Waals surface area contributed by atoms with Crippen molar-refractivity contribution in [1.82, 2.24) is 5.01 Å². The molecular formula is C12H16N2S. The molecule has 3 heteroatoms. The van der Waals surface area contributed by atoms with E-state index < -0.39 is 0 Å². The average molecular weight is 220 g/mol. The van der Waals surface area contributed by atoms with Gasteiger partial charge in [0.15, 0.2) is 0 Å². The molecule has 0 aliphatic heterocycles. The lowest BCUT2D eigenvalue weighted by Gasteiger charge is -2.07. The van der Waals surface area contributed by atoms with Crippen LogP contribution in [-0.4, -0.2) is 31.1 Å². The van der Waals surface area contributed by atoms with Gasteiger partial charge in [-0.15, -0.1) is 11.8 Å². The Kier molecular flexibility index (Phi) is 3.00. The third-order valence-electron chi connectivity index (χ3n) is 2.58. The predicted molar refractivity (Wildman–Crippen MR) is 66.8 cm³/mol. The van der Waals surface area contributed by atoms with Crippen molar-refractivity contribution in [3.05, 3.63) is 29.3 Å². The molecule has 0 unspecified atom stereocenters. The fraction of sp³-hybridized carbons (Fsp3) is 0.417. The number of rotatable bonds is 2. The predicted octanol–water partition coefficient (Wildman–Crippen LogP) is 2.62. The van der Waals surface area contributed by atoms with Crippen molar-refractivity contribution in [2.45, 2.75) is 17.7 Å². The lowest BCUT2D eigenvalue weighted by Crippen LogP contribution is -2.07. The fourth-order valence-electron chi connectivity index (χ4n) is 1.92. The largest absolute Gasteiger partial charge is 0.303 e. The van der Waals surface area contributed by atoms with Gasteiger partial charge in [-0.25, -0.2) is 0 Å². The molecule has 1 aromatic rings. The number of benzene rings is 1. The van der Waals surface area contributed by atoms with Crippen molar-refractivity contribution in [1.29, 1.82) is 0 Å². The van der Waals surface area contributed by atoms with Gasteiger partial charge in [0.05, 0.1) is 5.71 Å². The third kappa shape index (κ3) is 2.17. The van der Waals surface area contributed by atoms with Gasteiger partial charge in [-0.1, -0.05) is 6.07 Å². The monoisotopic (exact) mass is 220 g/mol. The maximum absolute atomic E-state index is 4.52. The summed E-state index contributed by atoms with van der Waals surface area (Å²) in [5.74, 6) is 0. The molecule has 0 atom stereocenters. The highest BCUT2D eigenvalue weighted by Gasteiger charge is 2.18. The number of nitrogens with zero attached hydrogens (tertiary/aromatic N) is 2. The van der Waals surface area contributed by atoms with Gasteiger partial charge < -0.3 is 5.01 Å². The zero-order chi connectivity index (χ0) is 10.8. The summed E-state index contributed by atoms with van der Waals surface area (Å²) in [4.78, 5) is 1.35. The molecule has 0 heterocycles. The number of thioether (sulfide) groups is 1. The molecule has 0 radical (unpaired) electrons. The minimum absolute atomic E-state index is 1.07. The molecule has 0 saturated carbocycles. The van der Waals surface area contributed by atoms with Crippen molar-refractivity contribution in [2.24, 2.45) is 5.10 Å². The van der Waals surface area contributed by atoms with Crippen LogP contribution in [0.5, 0.6) is 0 Å². The molecule has 0 aromatic heterocycles. The van der Waals surface area contributed by atoms with Gasteiger partial charge in [-0.2, -0.15) is 5.10 Å². The summed E-state index contributed by atoms with van der Waals surface area (Å²) in [6.45, 7) is 0. The van der Waals surface area contributed by atoms with Crippen molar-refractivity contribution in [2.75, 3.05) is 20.4 Å². The van der Waals surface area contributed by atoms with Crippen LogP contribution in [0.2, 0.25) is 0 Å². The van der Waals surface area contributed by atoms with Gasteiger partial charge in [0.25, 0.3) is 0 Å². The van der Waals surface area contributed by atoms with Crippen molar-refractivity contribution in [3.63, 3.8) is 0 Å². The average Bonchev–Trinajstić information content (AvgIpc) is 2.60. The number of hydrazone groups is 1. The molecular weight excluding hydrogens is 204 g/mol. The van der Waals surface area contributed by atoms with Crippen molar-refractivity contribution in [3.8, 4) is 0 Å². The van der Waals surface area contributed by atoms with Crippen LogP contribution in [0.1, 0.15) is 17.5 Å². The number of hydrogen-bond acceptors (Lipinski definition) is 3. The summed E-state index contributed by atoms with van der Waals surface area (Å²) < 4.78 is 0. The zero-order valence-corrected chi connectivity index (χ0v) is 10.3. The highest BCUT2D eigenvalue weighted by atomic mass is 32.2. The SMILES string of the molecule is CSc1ccc2c(c1)CCC2=NN(C)C. The highest BCUT2D eigenvalue weighted by Crippen LogP contribution is 2.27. The quantitative estimate of drug-likeness (QED) is 0.562. The van der Waals surface area contributed by atoms with Crippen LogP contribution in [-0.2, 0) is 6.42 Å². The Morgan fingerprint density at radius 3 is 2.73 bits per heavy atom. The topological polar surface area (TPSA) is 15.6 Å². The van der Waals surface area contributed by atoms with E-state index in [1.54, 1.807) is 11.8 Å². The molecule has 0 bridgehead atoms. The molecule has 0 amide bonds. The number of hydrogen-bond donors (Lipinski definition) is 0. The maximum Gasteiger partial charge on any atom is 0.0683 e. The highest BCUT2D eigenvalue weighted by molar-refractivity contribution is 7.98. The number of fused-ring (bicyclic) bond motifs is 1. The van der Waals surface area contributed by atoms with Crippen LogP contribution < -0.4 is 0 Å². The van der Waals surface area contributed by atoms with E-state index in [2.05, 4.69) is 29.6 Å². The molecule has 0 saturated heterocycles. The van der Waals surface area contributed by atoms with Crippen molar-refractivity contribution >= 4 is 17.5 Å². The molecule has 1 aliphatic rings. The third-order valence-corrected chi connectivity index (χ3v) is 3.30. The Hall–Kier alpha value is -0.960. The summed E-state index contributed by atoms with van der Waals surface area (Å²) in [7, 11) is 3.95. The van der Waals surface area contributed by atoms with E-state index in [1.165, 1.54) is 21.7 Å². The number of aryl methyl sites for hydroxylation is 1. The summed E-state index contributed by atoms with van der Waals surface area (Å²) in [6, 6.07) is 6.68. The van der Waals surface area contributed by atoms with Crippen LogP contribution in [0.4, 0.5) is 0 Å². The Morgan fingerprint density at radius 2 is 2.07 bits per heavy atom. The molecule has 0 fully saturated rings. The van der Waals surface area contributed by atoms with E-state index in [1.807, 2.05) is 19.1 Å². The molecule has 2 nitrogen and oxygen atoms in total. The van der Waals surface area contributed by atoms with E-state index in [4.69, 9.17) is 0 Å². The van der Waals surface area contributed by atoms with Crippen LogP contribution in [0.25, 0.3) is 0 Å². The van der Waals surface area contributed by atoms with E-state index in [-0.39, 0.29) is 0 Å². The normalized spacial score (nSPS) is 16.9. The Bertz CT molecular complexity index is 397. The molecule has 1 aliphatic carbocycles. The van der Waals surface area contributed by atoms with E-state index >= 15 is 0 Å². The van der Waals surface area contributed by atoms with Crippen LogP contribution in [0.15, 0.2) is 28.2 Å². The smallest absolute Gasteiger partial charge is 0.0683 e. The first-order valence-electron chi connectivity index (χ1n) is 5.13. The second-order valence-electron chi connectivity index (χ2n) is 3.92. The molecule has 1 aromatic carbocycles. The lowest BCUT2D eigenvalue weighted by molar-refractivity contribution is 0.437. The maximum atomic E-state index is 4.52. The summed E-state index contributed by atoms with van der Waals surface area (Å²) in [6.07, 6.45) is 4.33. The Balaban J connectivity index is 2.36. The second kappa shape index (κ2) is 4.27. The minimum atomic E-state index is 1.07. The Labute approximate surface area is 95.4 Å². The summed E-state index contributed by atoms with van der Waals surface area (Å²) >= 11 is 1.80. The van der Waals surface area contributed by atoms with Crippen LogP contribution in [0, 0.1) is 0 Å². The lowest BCUT2D eigenvalue weighted by atomic mass is 10.1. The van der Waals surface area contributed by atoms with Gasteiger partial charge >= 0.3 is 0 Å². The van der Waals surface area contributed by atoms with Gasteiger partial charge in [-0.3, -0.25) is 0 Å². The van der Waals surface area contributed by atoms with Crippen molar-refractivity contribution < 1.29 is 0 Å². The molecule has 2 rings (SSSR count). The van der Waals surface area contributed by atoms with Gasteiger partial charge in [0.2, 0.25) is 0 Å². The van der Waals surface area contributed by atoms with E-state index in [9.17, 15) is 0 Å². The Morgan fingerprint density at radius 1 is 1.27 bits per heavy atom. The van der Waals surface area contributed by atoms with Gasteiger partial charge in [-0.05, 0) is 36.8 Å². The van der Waals surface area contributed by atoms with E-state index in [0.29, 0.717) is 0 Å². The minimum Gasteiger partial charge on any atom is -0.303 e. The molecule has 80 valence electrons. The molecule has 15 heavy (non-hydrogen) atoms. The molecule has 0 spiro atoms. The summed E-state index contributed by atoms with van der Waals surface area (Å²) in [5, 5.41) is 6.40. The van der Waals surface area contributed by atoms with Crippen LogP contribution >= 0.6 is 11.8 Å². The van der Waals surface area contributed by atoms with E-state index in [0.717, 1.165) is 12.8 Å². The standard InChI is InChI=1S/C12H16N2S/c1-14(2)13-12-7-4-9-8-10(15-3)5-6-11(9)12/h5-6,8H,4,7H2,1-3H3. The van der Waals surface area contributed by atoms with Gasteiger partial charge in [0.1, 0.15) is 0 Å². The summed E-state index contributed by atoms with van der Waals surface area (Å²) in [5.41, 5.74) is 4.01. The second-order valence-corrected chi connectivity index (χ2v) is 4.80. The first kappa shape index (κ1) is 10.6.